The van der Waals surface area contributed by atoms with Crippen molar-refractivity contribution in [3.05, 3.63) is 124 Å². The number of anilines is 2. The van der Waals surface area contributed by atoms with E-state index in [-0.39, 0.29) is 41.4 Å². The van der Waals surface area contributed by atoms with Crippen LogP contribution in [0.1, 0.15) is 61.3 Å². The van der Waals surface area contributed by atoms with E-state index in [9.17, 15) is 29.7 Å². The maximum absolute atomic E-state index is 12.9. The van der Waals surface area contributed by atoms with E-state index in [1.807, 2.05) is 72.8 Å². The topological polar surface area (TPSA) is 181 Å². The lowest BCUT2D eigenvalue weighted by Gasteiger charge is -2.35. The van der Waals surface area contributed by atoms with Crippen LogP contribution >= 0.6 is 0 Å². The number of aliphatic hydroxyl groups excluding tert-OH is 1. The smallest absolute Gasteiger partial charge is 0.412 e. The number of phenolic OH excluding ortho intramolecular Hbond substituents is 1. The van der Waals surface area contributed by atoms with Gasteiger partial charge in [-0.1, -0.05) is 60.7 Å². The van der Waals surface area contributed by atoms with Crippen molar-refractivity contribution in [1.29, 1.82) is 0 Å². The number of aryl methyl sites for hydroxylation is 1. The third kappa shape index (κ3) is 8.86. The molecule has 2 amide bonds. The standard InChI is InChI=1S/C41H45N5O6/c42-29-12-16-31(17-13-29)46(41(51)52)35-23-26(11-18-32(35)28-6-2-1-3-7-28)5-4-8-38(49)44-30-14-9-27(10-15-30)24-43-25-37(48)33-19-21-36(47)40-34(33)20-22-39(50)45-40/h1-3,6-7,9-11,14-15,18-23,29,31,37,43,47-48H,4-5,8,12-13,16-17,24-25,42H2,(H,44,49)(H,45,50)(H,51,52)/t29?,31?,37-/m0/s1. The quantitative estimate of drug-likeness (QED) is 0.0732. The van der Waals surface area contributed by atoms with Gasteiger partial charge in [0.1, 0.15) is 5.75 Å². The number of carbonyl (C=O) groups is 2. The minimum atomic E-state index is -0.976. The number of H-pyrrole nitrogens is 1. The molecule has 1 aromatic heterocycles. The number of amides is 2. The minimum Gasteiger partial charge on any atom is -0.506 e. The van der Waals surface area contributed by atoms with E-state index < -0.39 is 12.2 Å². The lowest BCUT2D eigenvalue weighted by atomic mass is 9.89. The summed E-state index contributed by atoms with van der Waals surface area (Å²) in [6.45, 7) is 0.731. The molecule has 0 spiro atoms. The predicted octanol–water partition coefficient (Wildman–Crippen LogP) is 6.44. The Labute approximate surface area is 302 Å². The normalized spacial score (nSPS) is 16.3. The summed E-state index contributed by atoms with van der Waals surface area (Å²) >= 11 is 0. The first-order valence-corrected chi connectivity index (χ1v) is 17.7. The monoisotopic (exact) mass is 703 g/mol. The first-order valence-electron chi connectivity index (χ1n) is 17.7. The first-order chi connectivity index (χ1) is 25.2. The van der Waals surface area contributed by atoms with Gasteiger partial charge in [-0.15, -0.1) is 0 Å². The highest BCUT2D eigenvalue weighted by Gasteiger charge is 2.30. The van der Waals surface area contributed by atoms with Gasteiger partial charge >= 0.3 is 6.09 Å². The SMILES string of the molecule is NC1CCC(N(C(=O)O)c2cc(CCCC(=O)Nc3ccc(CNC[C@H](O)c4ccc(O)c5[nH]c(=O)ccc45)cc3)ccc2-c2ccccc2)CC1. The van der Waals surface area contributed by atoms with Crippen LogP contribution in [0.4, 0.5) is 16.2 Å². The van der Waals surface area contributed by atoms with Crippen molar-refractivity contribution in [2.75, 3.05) is 16.8 Å². The van der Waals surface area contributed by atoms with Crippen molar-refractivity contribution in [1.82, 2.24) is 10.3 Å². The van der Waals surface area contributed by atoms with Crippen molar-refractivity contribution in [3.8, 4) is 16.9 Å². The van der Waals surface area contributed by atoms with Crippen molar-refractivity contribution in [3.63, 3.8) is 0 Å². The highest BCUT2D eigenvalue weighted by Crippen LogP contribution is 2.36. The van der Waals surface area contributed by atoms with Crippen LogP contribution in [0, 0.1) is 0 Å². The van der Waals surface area contributed by atoms with E-state index in [0.717, 1.165) is 47.9 Å². The molecular weight excluding hydrogens is 658 g/mol. The second kappa shape index (κ2) is 16.7. The summed E-state index contributed by atoms with van der Waals surface area (Å²) in [7, 11) is 0. The van der Waals surface area contributed by atoms with Crippen LogP contribution in [-0.4, -0.2) is 50.9 Å². The third-order valence-corrected chi connectivity index (χ3v) is 9.76. The Hall–Kier alpha value is -5.49. The molecule has 0 bridgehead atoms. The van der Waals surface area contributed by atoms with Gasteiger partial charge < -0.3 is 36.7 Å². The highest BCUT2D eigenvalue weighted by atomic mass is 16.4. The first kappa shape index (κ1) is 36.3. The number of fused-ring (bicyclic) bond motifs is 1. The Morgan fingerprint density at radius 1 is 0.904 bits per heavy atom. The number of carbonyl (C=O) groups excluding carboxylic acids is 1. The number of carboxylic acid groups (broad SMARTS) is 1. The number of benzene rings is 4. The zero-order valence-electron chi connectivity index (χ0n) is 28.9. The zero-order valence-corrected chi connectivity index (χ0v) is 28.9. The van der Waals surface area contributed by atoms with Gasteiger partial charge in [0.05, 0.1) is 17.3 Å². The Balaban J connectivity index is 1.02. The summed E-state index contributed by atoms with van der Waals surface area (Å²) in [6, 6.07) is 29.2. The minimum absolute atomic E-state index is 0.0585. The van der Waals surface area contributed by atoms with Crippen LogP contribution in [-0.2, 0) is 17.8 Å². The summed E-state index contributed by atoms with van der Waals surface area (Å²) < 4.78 is 0. The van der Waals surface area contributed by atoms with Crippen molar-refractivity contribution < 1.29 is 24.9 Å². The molecule has 1 fully saturated rings. The van der Waals surface area contributed by atoms with Gasteiger partial charge in [-0.05, 0) is 91.1 Å². The second-order valence-electron chi connectivity index (χ2n) is 13.5. The van der Waals surface area contributed by atoms with E-state index in [0.29, 0.717) is 48.1 Å². The molecule has 6 rings (SSSR count). The number of aliphatic hydroxyl groups is 1. The number of hydrogen-bond acceptors (Lipinski definition) is 7. The molecule has 5 aromatic rings. The molecule has 4 aromatic carbocycles. The molecule has 0 saturated heterocycles. The van der Waals surface area contributed by atoms with Crippen molar-refractivity contribution in [2.45, 2.75) is 69.7 Å². The fourth-order valence-corrected chi connectivity index (χ4v) is 7.00. The van der Waals surface area contributed by atoms with Crippen LogP contribution in [0.5, 0.6) is 5.75 Å². The molecule has 11 heteroatoms. The molecule has 1 heterocycles. The summed E-state index contributed by atoms with van der Waals surface area (Å²) in [5.41, 5.74) is 11.8. The Kier molecular flexibility index (Phi) is 11.6. The fraction of sp³-hybridized carbons (Fsp3) is 0.293. The molecule has 0 radical (unpaired) electrons. The van der Waals surface area contributed by atoms with Crippen LogP contribution in [0.2, 0.25) is 0 Å². The van der Waals surface area contributed by atoms with Gasteiger partial charge in [0.25, 0.3) is 0 Å². The summed E-state index contributed by atoms with van der Waals surface area (Å²) in [4.78, 5) is 41.4. The Morgan fingerprint density at radius 3 is 2.37 bits per heavy atom. The van der Waals surface area contributed by atoms with Crippen LogP contribution in [0.25, 0.3) is 22.0 Å². The number of rotatable bonds is 13. The van der Waals surface area contributed by atoms with E-state index in [1.54, 1.807) is 12.1 Å². The summed E-state index contributed by atoms with van der Waals surface area (Å²) in [5, 5.41) is 38.1. The molecule has 0 unspecified atom stereocenters. The molecule has 52 heavy (non-hydrogen) atoms. The van der Waals surface area contributed by atoms with E-state index >= 15 is 0 Å². The summed E-state index contributed by atoms with van der Waals surface area (Å²) in [5.74, 6) is -0.167. The maximum atomic E-state index is 12.9. The zero-order chi connectivity index (χ0) is 36.6. The second-order valence-corrected chi connectivity index (χ2v) is 13.5. The average molecular weight is 704 g/mol. The number of aromatic hydroxyl groups is 1. The van der Waals surface area contributed by atoms with Gasteiger partial charge in [-0.2, -0.15) is 0 Å². The number of nitrogens with zero attached hydrogens (tertiary/aromatic N) is 1. The van der Waals surface area contributed by atoms with E-state index in [2.05, 4.69) is 15.6 Å². The molecule has 1 atom stereocenters. The molecular formula is C41H45N5O6. The molecule has 1 aliphatic carbocycles. The number of hydrogen-bond donors (Lipinski definition) is 7. The summed E-state index contributed by atoms with van der Waals surface area (Å²) in [6.07, 6.45) is 2.69. The third-order valence-electron chi connectivity index (χ3n) is 9.76. The molecule has 11 nitrogen and oxygen atoms in total. The molecule has 8 N–H and O–H groups in total. The van der Waals surface area contributed by atoms with Crippen LogP contribution in [0.15, 0.2) is 102 Å². The van der Waals surface area contributed by atoms with Crippen LogP contribution in [0.3, 0.4) is 0 Å². The fourth-order valence-electron chi connectivity index (χ4n) is 7.00. The van der Waals surface area contributed by atoms with Gasteiger partial charge in [0.15, 0.2) is 0 Å². The Bertz CT molecular complexity index is 2060. The maximum Gasteiger partial charge on any atom is 0.412 e. The Morgan fingerprint density at radius 2 is 1.63 bits per heavy atom. The molecule has 270 valence electrons. The van der Waals surface area contributed by atoms with Crippen LogP contribution < -0.4 is 26.8 Å². The number of pyridine rings is 1. The number of nitrogens with one attached hydrogen (secondary N) is 3. The largest absolute Gasteiger partial charge is 0.506 e. The number of aromatic amines is 1. The number of phenols is 1. The average Bonchev–Trinajstić information content (AvgIpc) is 3.14. The highest BCUT2D eigenvalue weighted by molar-refractivity contribution is 5.94. The van der Waals surface area contributed by atoms with Gasteiger partial charge in [0, 0.05) is 54.3 Å². The molecule has 1 aliphatic rings. The van der Waals surface area contributed by atoms with Gasteiger partial charge in [-0.25, -0.2) is 4.79 Å². The number of aromatic nitrogens is 1. The lowest BCUT2D eigenvalue weighted by Crippen LogP contribution is -2.44. The number of nitrogens with two attached hydrogens (primary N) is 1. The lowest BCUT2D eigenvalue weighted by molar-refractivity contribution is -0.116. The van der Waals surface area contributed by atoms with E-state index in [1.165, 1.54) is 17.0 Å². The van der Waals surface area contributed by atoms with Gasteiger partial charge in [0.2, 0.25) is 11.5 Å². The molecule has 1 saturated carbocycles. The molecule has 0 aliphatic heterocycles. The van der Waals surface area contributed by atoms with Crippen molar-refractivity contribution in [2.24, 2.45) is 5.73 Å². The van der Waals surface area contributed by atoms with Gasteiger partial charge in [-0.3, -0.25) is 14.5 Å². The van der Waals surface area contributed by atoms with E-state index in [4.69, 9.17) is 5.73 Å². The predicted molar refractivity (Wildman–Crippen MR) is 204 cm³/mol. The van der Waals surface area contributed by atoms with Crippen molar-refractivity contribution >= 4 is 34.3 Å².